The second-order valence-corrected chi connectivity index (χ2v) is 12.8. The van der Waals surface area contributed by atoms with Gasteiger partial charge in [0.2, 0.25) is 23.6 Å². The largest absolute Gasteiger partial charge is 0.505 e. The third kappa shape index (κ3) is 9.71. The molecule has 7 N–H and O–H groups in total. The number of fused-ring (bicyclic) bond motifs is 2. The van der Waals surface area contributed by atoms with Gasteiger partial charge in [0.1, 0.15) is 23.5 Å². The first kappa shape index (κ1) is 40.7. The van der Waals surface area contributed by atoms with Crippen LogP contribution in [0.15, 0.2) is 79.0 Å². The minimum atomic E-state index is -1.45. The third-order valence-electron chi connectivity index (χ3n) is 8.79. The number of carbonyl (C=O) groups is 4. The van der Waals surface area contributed by atoms with Crippen molar-refractivity contribution in [1.82, 2.24) is 25.9 Å². The Morgan fingerprint density at radius 2 is 1.54 bits per heavy atom. The van der Waals surface area contributed by atoms with Crippen molar-refractivity contribution in [3.8, 4) is 17.2 Å². The van der Waals surface area contributed by atoms with Crippen molar-refractivity contribution in [2.75, 3.05) is 36.8 Å². The molecule has 59 heavy (non-hydrogen) atoms. The Balaban J connectivity index is 0.990. The summed E-state index contributed by atoms with van der Waals surface area (Å²) in [6.07, 6.45) is 0.827. The maximum absolute atomic E-state index is 14.7. The molecule has 302 valence electrons. The number of nitro groups is 1. The molecule has 3 amide bonds. The van der Waals surface area contributed by atoms with E-state index >= 15 is 0 Å². The average molecular weight is 809 g/mol. The van der Waals surface area contributed by atoms with Crippen LogP contribution < -0.4 is 41.8 Å². The number of carboxylic acid groups (broad SMARTS) is 1. The molecule has 19 heteroatoms. The van der Waals surface area contributed by atoms with E-state index in [0.717, 1.165) is 30.5 Å². The van der Waals surface area contributed by atoms with Crippen molar-refractivity contribution in [2.24, 2.45) is 0 Å². The summed E-state index contributed by atoms with van der Waals surface area (Å²) in [6, 6.07) is 17.0. The number of hydrogen-bond acceptors (Lipinski definition) is 12. The number of nitrogens with zero attached hydrogens (tertiary/aromatic N) is 3. The number of ether oxygens (including phenoxy) is 1. The van der Waals surface area contributed by atoms with Gasteiger partial charge < -0.3 is 41.5 Å². The molecule has 2 heterocycles. The van der Waals surface area contributed by atoms with Crippen molar-refractivity contribution in [3.05, 3.63) is 133 Å². The minimum Gasteiger partial charge on any atom is -0.505 e. The molecule has 0 saturated heterocycles. The molecule has 0 bridgehead atoms. The Morgan fingerprint density at radius 1 is 0.831 bits per heavy atom. The second kappa shape index (κ2) is 17.9. The number of phenolic OH excluding ortho intramolecular Hbond substituents is 1. The number of carboxylic acids is 1. The number of halogens is 2. The molecule has 0 atom stereocenters. The molecule has 0 unspecified atom stereocenters. The van der Waals surface area contributed by atoms with E-state index in [0.29, 0.717) is 5.69 Å². The molecule has 6 rings (SSSR count). The van der Waals surface area contributed by atoms with Crippen LogP contribution in [0.2, 0.25) is 0 Å². The zero-order valence-corrected chi connectivity index (χ0v) is 30.8. The van der Waals surface area contributed by atoms with Crippen LogP contribution in [0.4, 0.5) is 31.9 Å². The van der Waals surface area contributed by atoms with Crippen LogP contribution >= 0.6 is 0 Å². The van der Waals surface area contributed by atoms with E-state index < -0.39 is 46.0 Å². The van der Waals surface area contributed by atoms with Crippen LogP contribution in [0, 0.1) is 21.7 Å². The zero-order chi connectivity index (χ0) is 42.2. The second-order valence-electron chi connectivity index (χ2n) is 12.8. The molecular weight excluding hydrogens is 774 g/mol. The Bertz CT molecular complexity index is 2610. The van der Waals surface area contributed by atoms with Crippen molar-refractivity contribution in [1.29, 1.82) is 0 Å². The van der Waals surface area contributed by atoms with E-state index in [1.807, 2.05) is 6.07 Å². The molecule has 4 aromatic carbocycles. The van der Waals surface area contributed by atoms with Gasteiger partial charge in [-0.25, -0.2) is 18.6 Å². The van der Waals surface area contributed by atoms with Gasteiger partial charge in [-0.3, -0.25) is 24.5 Å². The van der Waals surface area contributed by atoms with Gasteiger partial charge in [0, 0.05) is 77.9 Å². The molecule has 0 spiro atoms. The Labute approximate surface area is 332 Å². The number of carbonyl (C=O) groups excluding carboxylic acids is 3. The molecule has 0 fully saturated rings. The number of benzene rings is 4. The lowest BCUT2D eigenvalue weighted by atomic mass is 9.88. The molecule has 1 aliphatic rings. The Kier molecular flexibility index (Phi) is 12.3. The number of amides is 3. The number of aromatic hydroxyl groups is 1. The SMILES string of the molecule is C=c1cc2c(cc1F)=C(c1ccc(C(=O)NCCC(=O)NCCNC(=O)CCNc3nc(Nc4ccccc4)ncc3[N+](=O)[O-])cc1C(=O)O)c1cc(F)c(O)cc1O2. The first-order valence-corrected chi connectivity index (χ1v) is 17.8. The molecule has 0 saturated carbocycles. The maximum atomic E-state index is 14.7. The van der Waals surface area contributed by atoms with Crippen LogP contribution in [0.1, 0.15) is 44.7 Å². The monoisotopic (exact) mass is 808 g/mol. The van der Waals surface area contributed by atoms with E-state index in [4.69, 9.17) is 4.74 Å². The minimum absolute atomic E-state index is 0.00397. The van der Waals surface area contributed by atoms with Crippen molar-refractivity contribution < 1.29 is 47.8 Å². The summed E-state index contributed by atoms with van der Waals surface area (Å²) in [7, 11) is 0. The molecule has 0 radical (unpaired) electrons. The van der Waals surface area contributed by atoms with Gasteiger partial charge in [0.15, 0.2) is 11.6 Å². The number of nitrogens with one attached hydrogen (secondary N) is 5. The van der Waals surface area contributed by atoms with Crippen molar-refractivity contribution >= 4 is 59.0 Å². The van der Waals surface area contributed by atoms with E-state index in [2.05, 4.69) is 43.1 Å². The topological polar surface area (TPSA) is 247 Å². The maximum Gasteiger partial charge on any atom is 0.336 e. The van der Waals surface area contributed by atoms with Crippen molar-refractivity contribution in [3.63, 3.8) is 0 Å². The van der Waals surface area contributed by atoms with Crippen LogP contribution in [0.3, 0.4) is 0 Å². The van der Waals surface area contributed by atoms with Crippen molar-refractivity contribution in [2.45, 2.75) is 12.8 Å². The highest BCUT2D eigenvalue weighted by Gasteiger charge is 2.27. The summed E-state index contributed by atoms with van der Waals surface area (Å²) in [5.74, 6) is -5.41. The smallest absolute Gasteiger partial charge is 0.336 e. The normalized spacial score (nSPS) is 11.3. The summed E-state index contributed by atoms with van der Waals surface area (Å²) in [6.45, 7) is 3.61. The highest BCUT2D eigenvalue weighted by molar-refractivity contribution is 6.02. The Morgan fingerprint density at radius 3 is 2.24 bits per heavy atom. The van der Waals surface area contributed by atoms with Gasteiger partial charge in [-0.15, -0.1) is 0 Å². The predicted molar refractivity (Wildman–Crippen MR) is 209 cm³/mol. The Hall–Kier alpha value is -7.96. The molecule has 17 nitrogen and oxygen atoms in total. The third-order valence-corrected chi connectivity index (χ3v) is 8.79. The van der Waals surface area contributed by atoms with Crippen LogP contribution in [0.5, 0.6) is 17.2 Å². The predicted octanol–water partition coefficient (Wildman–Crippen LogP) is 3.43. The molecule has 1 aliphatic heterocycles. The van der Waals surface area contributed by atoms with Crippen LogP contribution in [-0.4, -0.2) is 75.0 Å². The van der Waals surface area contributed by atoms with E-state index in [9.17, 15) is 48.3 Å². The molecule has 0 aliphatic carbocycles. The lowest BCUT2D eigenvalue weighted by Gasteiger charge is -2.23. The van der Waals surface area contributed by atoms with E-state index in [1.54, 1.807) is 24.3 Å². The lowest BCUT2D eigenvalue weighted by molar-refractivity contribution is -0.384. The highest BCUT2D eigenvalue weighted by atomic mass is 19.1. The number of aromatic carboxylic acids is 1. The molecule has 1 aromatic heterocycles. The summed E-state index contributed by atoms with van der Waals surface area (Å²) in [5.41, 5.74) is -0.0449. The van der Waals surface area contributed by atoms with Crippen LogP contribution in [0.25, 0.3) is 12.2 Å². The van der Waals surface area contributed by atoms with Gasteiger partial charge in [-0.1, -0.05) is 30.8 Å². The summed E-state index contributed by atoms with van der Waals surface area (Å²) in [4.78, 5) is 69.2. The number of aromatic nitrogens is 2. The van der Waals surface area contributed by atoms with Gasteiger partial charge in [-0.2, -0.15) is 4.98 Å². The molecule has 5 aromatic rings. The van der Waals surface area contributed by atoms with Gasteiger partial charge in [0.25, 0.3) is 5.91 Å². The highest BCUT2D eigenvalue weighted by Crippen LogP contribution is 2.40. The zero-order valence-electron chi connectivity index (χ0n) is 30.8. The summed E-state index contributed by atoms with van der Waals surface area (Å²) < 4.78 is 35.1. The van der Waals surface area contributed by atoms with Crippen LogP contribution in [-0.2, 0) is 9.59 Å². The fourth-order valence-corrected chi connectivity index (χ4v) is 5.95. The van der Waals surface area contributed by atoms with Gasteiger partial charge in [-0.05, 0) is 48.0 Å². The number of phenols is 1. The number of rotatable bonds is 16. The summed E-state index contributed by atoms with van der Waals surface area (Å²) >= 11 is 0. The molecular formula is C40H34F2N8O9. The van der Waals surface area contributed by atoms with Gasteiger partial charge >= 0.3 is 11.7 Å². The quantitative estimate of drug-likeness (QED) is 0.0422. The number of hydrogen-bond donors (Lipinski definition) is 7. The summed E-state index contributed by atoms with van der Waals surface area (Å²) in [5, 5.41) is 45.1. The van der Waals surface area contributed by atoms with E-state index in [-0.39, 0.29) is 106 Å². The first-order chi connectivity index (χ1) is 28.3. The lowest BCUT2D eigenvalue weighted by Crippen LogP contribution is -2.36. The average Bonchev–Trinajstić information content (AvgIpc) is 3.20. The van der Waals surface area contributed by atoms with Gasteiger partial charge in [0.05, 0.1) is 10.5 Å². The number of para-hydroxylation sites is 1. The fraction of sp³-hybridized carbons (Fsp3) is 0.150. The standard InChI is InChI=1S/C40H34F2N8O9/c1-21-15-32-26(17-28(21)41)36(27-18-29(42)31(51)19-33(27)59-32)24-8-7-22(16-25(24)39(55)56)38(54)46-12-10-35(53)44-14-13-43-34(52)9-11-45-37-30(50(57)58)20-47-40(49-37)48-23-5-3-2-4-6-23/h2-8,15-20,51H,1,9-14H2,(H,43,52)(H,44,53)(H,46,54)(H,55,56)(H2,45,47,48,49). The number of anilines is 3. The fourth-order valence-electron chi connectivity index (χ4n) is 5.95. The van der Waals surface area contributed by atoms with E-state index in [1.165, 1.54) is 18.2 Å². The first-order valence-electron chi connectivity index (χ1n) is 17.8.